The third kappa shape index (κ3) is 5.84. The molecule has 1 aliphatic rings. The number of rotatable bonds is 3. The maximum Gasteiger partial charge on any atom is 0.410 e. The maximum absolute atomic E-state index is 13.3. The third-order valence-electron chi connectivity index (χ3n) is 4.90. The standard InChI is InChI=1S/C21H31BrN6O5/c1-13-15(25-8-10-26(11-9-25)19(31)33-21(5,6)7)16(30)28-18(23-17(22)24-28)27(13)12-14(29)32-20(2,3)4/h8-12H2,1-7H3. The van der Waals surface area contributed by atoms with E-state index in [-0.39, 0.29) is 28.7 Å². The van der Waals surface area contributed by atoms with Crippen molar-refractivity contribution in [1.29, 1.82) is 0 Å². The molecule has 0 unspecified atom stereocenters. The Morgan fingerprint density at radius 1 is 1.00 bits per heavy atom. The van der Waals surface area contributed by atoms with Gasteiger partial charge in [-0.05, 0) is 64.4 Å². The van der Waals surface area contributed by atoms with Crippen molar-refractivity contribution in [2.24, 2.45) is 0 Å². The number of carbonyl (C=O) groups is 2. The van der Waals surface area contributed by atoms with Crippen LogP contribution in [0.3, 0.4) is 0 Å². The van der Waals surface area contributed by atoms with Crippen molar-refractivity contribution in [3.05, 3.63) is 20.8 Å². The van der Waals surface area contributed by atoms with Gasteiger partial charge in [0, 0.05) is 31.9 Å². The highest BCUT2D eigenvalue weighted by Crippen LogP contribution is 2.21. The molecule has 1 aliphatic heterocycles. The van der Waals surface area contributed by atoms with Crippen LogP contribution in [0.1, 0.15) is 47.2 Å². The van der Waals surface area contributed by atoms with E-state index in [1.807, 2.05) is 25.7 Å². The van der Waals surface area contributed by atoms with Crippen LogP contribution < -0.4 is 10.5 Å². The highest BCUT2D eigenvalue weighted by Gasteiger charge is 2.30. The van der Waals surface area contributed by atoms with E-state index in [4.69, 9.17) is 9.47 Å². The number of aromatic nitrogens is 4. The van der Waals surface area contributed by atoms with Crippen LogP contribution in [0, 0.1) is 6.92 Å². The first-order valence-corrected chi connectivity index (χ1v) is 11.6. The summed E-state index contributed by atoms with van der Waals surface area (Å²) in [6.07, 6.45) is -0.378. The summed E-state index contributed by atoms with van der Waals surface area (Å²) in [4.78, 5) is 46.1. The monoisotopic (exact) mass is 526 g/mol. The molecule has 0 radical (unpaired) electrons. The average molecular weight is 527 g/mol. The zero-order chi connectivity index (χ0) is 24.7. The van der Waals surface area contributed by atoms with Gasteiger partial charge in [0.25, 0.3) is 5.56 Å². The first-order chi connectivity index (χ1) is 15.2. The molecule has 2 aromatic heterocycles. The van der Waals surface area contributed by atoms with Crippen LogP contribution >= 0.6 is 15.9 Å². The van der Waals surface area contributed by atoms with Crippen LogP contribution in [-0.2, 0) is 20.8 Å². The second kappa shape index (κ2) is 8.96. The lowest BCUT2D eigenvalue weighted by atomic mass is 10.2. The Bertz CT molecular complexity index is 1120. The zero-order valence-electron chi connectivity index (χ0n) is 20.1. The van der Waals surface area contributed by atoms with Gasteiger partial charge in [0.1, 0.15) is 23.4 Å². The molecule has 182 valence electrons. The lowest BCUT2D eigenvalue weighted by molar-refractivity contribution is -0.155. The number of amides is 1. The molecule has 3 heterocycles. The number of piperazine rings is 1. The van der Waals surface area contributed by atoms with Gasteiger partial charge in [-0.3, -0.25) is 9.59 Å². The molecule has 33 heavy (non-hydrogen) atoms. The number of hydrogen-bond donors (Lipinski definition) is 0. The van der Waals surface area contributed by atoms with E-state index >= 15 is 0 Å². The van der Waals surface area contributed by atoms with E-state index in [2.05, 4.69) is 26.0 Å². The lowest BCUT2D eigenvalue weighted by Crippen LogP contribution is -2.51. The Morgan fingerprint density at radius 3 is 2.12 bits per heavy atom. The predicted octanol–water partition coefficient (Wildman–Crippen LogP) is 2.36. The van der Waals surface area contributed by atoms with Crippen LogP contribution in [-0.4, -0.2) is 73.5 Å². The van der Waals surface area contributed by atoms with Crippen molar-refractivity contribution in [3.8, 4) is 0 Å². The minimum atomic E-state index is -0.643. The Kier molecular flexibility index (Phi) is 6.79. The molecule has 0 bridgehead atoms. The third-order valence-corrected chi connectivity index (χ3v) is 5.24. The van der Waals surface area contributed by atoms with Gasteiger partial charge in [0.15, 0.2) is 0 Å². The first-order valence-electron chi connectivity index (χ1n) is 10.8. The molecule has 0 aromatic carbocycles. The molecule has 0 aliphatic carbocycles. The van der Waals surface area contributed by atoms with Crippen molar-refractivity contribution >= 4 is 39.5 Å². The van der Waals surface area contributed by atoms with Gasteiger partial charge in [0.05, 0.1) is 0 Å². The van der Waals surface area contributed by atoms with E-state index in [9.17, 15) is 14.4 Å². The summed E-state index contributed by atoms with van der Waals surface area (Å²) in [6.45, 7) is 14.2. The van der Waals surface area contributed by atoms with Gasteiger partial charge in [-0.1, -0.05) is 0 Å². The molecule has 2 aromatic rings. The number of halogens is 1. The molecular weight excluding hydrogens is 496 g/mol. The summed E-state index contributed by atoms with van der Waals surface area (Å²) in [5.74, 6) is -0.206. The number of ether oxygens (including phenoxy) is 2. The number of esters is 1. The van der Waals surface area contributed by atoms with Gasteiger partial charge >= 0.3 is 12.1 Å². The smallest absolute Gasteiger partial charge is 0.410 e. The molecular formula is C21H31BrN6O5. The van der Waals surface area contributed by atoms with Crippen LogP contribution in [0.4, 0.5) is 10.5 Å². The first kappa shape index (κ1) is 25.0. The van der Waals surface area contributed by atoms with E-state index in [1.165, 1.54) is 4.52 Å². The zero-order valence-corrected chi connectivity index (χ0v) is 21.7. The predicted molar refractivity (Wildman–Crippen MR) is 126 cm³/mol. The van der Waals surface area contributed by atoms with Gasteiger partial charge in [-0.2, -0.15) is 9.50 Å². The molecule has 1 amide bonds. The van der Waals surface area contributed by atoms with Crippen molar-refractivity contribution in [2.45, 2.75) is 66.2 Å². The molecule has 1 fully saturated rings. The van der Waals surface area contributed by atoms with Crippen molar-refractivity contribution in [1.82, 2.24) is 24.1 Å². The molecule has 0 spiro atoms. The van der Waals surface area contributed by atoms with E-state index in [1.54, 1.807) is 37.2 Å². The second-order valence-corrected chi connectivity index (χ2v) is 10.7. The SMILES string of the molecule is Cc1c(N2CCN(C(=O)OC(C)(C)C)CC2)c(=O)n2nc(Br)nc2n1CC(=O)OC(C)(C)C. The number of nitrogens with zero attached hydrogens (tertiary/aromatic N) is 6. The minimum Gasteiger partial charge on any atom is -0.459 e. The Balaban J connectivity index is 1.92. The normalized spacial score (nSPS) is 15.2. The van der Waals surface area contributed by atoms with Gasteiger partial charge < -0.3 is 23.8 Å². The Hall–Kier alpha value is -2.63. The van der Waals surface area contributed by atoms with Crippen molar-refractivity contribution < 1.29 is 19.1 Å². The fourth-order valence-corrected chi connectivity index (χ4v) is 3.94. The highest BCUT2D eigenvalue weighted by atomic mass is 79.9. The number of carbonyl (C=O) groups excluding carboxylic acids is 2. The van der Waals surface area contributed by atoms with Gasteiger partial charge in [-0.25, -0.2) is 4.79 Å². The average Bonchev–Trinajstić information content (AvgIpc) is 3.05. The molecule has 11 nitrogen and oxygen atoms in total. The molecule has 0 atom stereocenters. The topological polar surface area (TPSA) is 111 Å². The summed E-state index contributed by atoms with van der Waals surface area (Å²) >= 11 is 3.22. The molecule has 0 N–H and O–H groups in total. The summed E-state index contributed by atoms with van der Waals surface area (Å²) < 4.78 is 14.0. The fourth-order valence-electron chi connectivity index (χ4n) is 3.62. The summed E-state index contributed by atoms with van der Waals surface area (Å²) in [5, 5.41) is 4.16. The Morgan fingerprint density at radius 2 is 1.58 bits per heavy atom. The van der Waals surface area contributed by atoms with E-state index in [0.717, 1.165) is 0 Å². The summed E-state index contributed by atoms with van der Waals surface area (Å²) in [6, 6.07) is 0. The number of anilines is 1. The van der Waals surface area contributed by atoms with Crippen LogP contribution in [0.25, 0.3) is 5.78 Å². The number of fused-ring (bicyclic) bond motifs is 1. The second-order valence-electron chi connectivity index (χ2n) is 9.96. The molecule has 12 heteroatoms. The highest BCUT2D eigenvalue weighted by molar-refractivity contribution is 9.10. The van der Waals surface area contributed by atoms with Gasteiger partial charge in [-0.15, -0.1) is 5.10 Å². The van der Waals surface area contributed by atoms with Crippen molar-refractivity contribution in [3.63, 3.8) is 0 Å². The van der Waals surface area contributed by atoms with Gasteiger partial charge in [0.2, 0.25) is 10.5 Å². The van der Waals surface area contributed by atoms with Crippen LogP contribution in [0.15, 0.2) is 9.53 Å². The van der Waals surface area contributed by atoms with E-state index in [0.29, 0.717) is 37.6 Å². The summed E-state index contributed by atoms with van der Waals surface area (Å²) in [5.41, 5.74) is -0.579. The van der Waals surface area contributed by atoms with Crippen LogP contribution in [0.2, 0.25) is 0 Å². The van der Waals surface area contributed by atoms with E-state index < -0.39 is 17.2 Å². The molecule has 1 saturated heterocycles. The van der Waals surface area contributed by atoms with Crippen molar-refractivity contribution in [2.75, 3.05) is 31.1 Å². The fraction of sp³-hybridized carbons (Fsp3) is 0.667. The largest absolute Gasteiger partial charge is 0.459 e. The minimum absolute atomic E-state index is 0.122. The number of hydrogen-bond acceptors (Lipinski definition) is 8. The lowest BCUT2D eigenvalue weighted by Gasteiger charge is -2.37. The quantitative estimate of drug-likeness (QED) is 0.560. The summed E-state index contributed by atoms with van der Waals surface area (Å²) in [7, 11) is 0. The van der Waals surface area contributed by atoms with Crippen LogP contribution in [0.5, 0.6) is 0 Å². The maximum atomic E-state index is 13.3. The molecule has 3 rings (SSSR count). The molecule has 0 saturated carbocycles. The Labute approximate surface area is 200 Å².